The first kappa shape index (κ1) is 113. The lowest BCUT2D eigenvalue weighted by Gasteiger charge is -2.12. The molecule has 4 aromatic rings. The van der Waals surface area contributed by atoms with Crippen LogP contribution in [0.4, 0.5) is 0 Å². The number of aliphatic hydroxyl groups excluding tert-OH is 2. The lowest BCUT2D eigenvalue weighted by Crippen LogP contribution is -2.38. The van der Waals surface area contributed by atoms with E-state index in [1.807, 2.05) is 40.9 Å². The number of carbonyl (C=O) groups is 13. The zero-order chi connectivity index (χ0) is 89.1. The number of halogens is 4. The van der Waals surface area contributed by atoms with Crippen LogP contribution in [0.25, 0.3) is 5.53 Å². The van der Waals surface area contributed by atoms with Crippen LogP contribution >= 0.6 is 90.4 Å². The molecule has 0 saturated heterocycles. The maximum absolute atomic E-state index is 12.0. The molecule has 0 radical (unpaired) electrons. The van der Waals surface area contributed by atoms with Crippen molar-refractivity contribution >= 4 is 173 Å². The number of unbranched alkanes of at least 4 members (excludes halogenated alkanes) is 15. The molecule has 0 spiro atoms. The van der Waals surface area contributed by atoms with E-state index in [2.05, 4.69) is 151 Å². The Balaban J connectivity index is -0.00000127. The van der Waals surface area contributed by atoms with Crippen molar-refractivity contribution in [2.45, 2.75) is 155 Å². The molecule has 0 bridgehead atoms. The molecule has 0 atom stereocenters. The molecule has 8 rings (SSSR count). The number of likely N-dealkylation sites (N-methyl/N-ethyl adjacent to an activating group) is 2. The number of amides is 11. The predicted molar refractivity (Wildman–Crippen MR) is 496 cm³/mol. The molecule has 4 aliphatic rings. The number of allylic oxidation sites excluding steroid dienone is 4. The van der Waals surface area contributed by atoms with Crippen LogP contribution in [0.15, 0.2) is 140 Å². The Bertz CT molecular complexity index is 3930. The highest BCUT2D eigenvalue weighted by Crippen LogP contribution is 2.26. The molecule has 11 amide bonds. The summed E-state index contributed by atoms with van der Waals surface area (Å²) in [7, 11) is 4.36. The van der Waals surface area contributed by atoms with Crippen LogP contribution in [0, 0.1) is 34.5 Å². The highest BCUT2D eigenvalue weighted by atomic mass is 127. The molecule has 4 aliphatic heterocycles. The van der Waals surface area contributed by atoms with Crippen molar-refractivity contribution in [3.05, 3.63) is 190 Å². The average Bonchev–Trinajstić information content (AvgIpc) is 1.66. The molecule has 0 aliphatic carbocycles. The van der Waals surface area contributed by atoms with E-state index in [1.54, 1.807) is 104 Å². The van der Waals surface area contributed by atoms with Crippen molar-refractivity contribution in [2.75, 3.05) is 73.7 Å². The quantitative estimate of drug-likeness (QED) is 0.00210. The first-order chi connectivity index (χ1) is 57.0. The summed E-state index contributed by atoms with van der Waals surface area (Å²) in [5.74, 6) is 3.60. The Hall–Kier alpha value is -9.23. The number of carbonyl (C=O) groups excluding carboxylic acids is 13. The summed E-state index contributed by atoms with van der Waals surface area (Å²) >= 11 is 8.59. The van der Waals surface area contributed by atoms with Gasteiger partial charge < -0.3 is 47.9 Å². The van der Waals surface area contributed by atoms with Gasteiger partial charge in [-0.2, -0.15) is 4.79 Å². The molecule has 0 fully saturated rings. The van der Waals surface area contributed by atoms with Crippen molar-refractivity contribution in [1.29, 1.82) is 0 Å². The van der Waals surface area contributed by atoms with Gasteiger partial charge in [0.25, 0.3) is 53.2 Å². The molecule has 27 nitrogen and oxygen atoms in total. The second kappa shape index (κ2) is 76.4. The van der Waals surface area contributed by atoms with Crippen molar-refractivity contribution in [2.24, 2.45) is 11.5 Å². The lowest BCUT2D eigenvalue weighted by molar-refractivity contribution is -0.138. The van der Waals surface area contributed by atoms with Crippen molar-refractivity contribution in [3.63, 3.8) is 0 Å². The molecule has 0 saturated carbocycles. The van der Waals surface area contributed by atoms with Crippen LogP contribution in [0.2, 0.25) is 0 Å². The fourth-order valence-electron chi connectivity index (χ4n) is 9.70. The lowest BCUT2D eigenvalue weighted by atomic mass is 10.1. The number of imide groups is 4. The number of hydrogen-bond acceptors (Lipinski definition) is 18. The summed E-state index contributed by atoms with van der Waals surface area (Å²) in [5.41, 5.74) is 21.6. The van der Waals surface area contributed by atoms with Crippen molar-refractivity contribution in [1.82, 2.24) is 36.0 Å². The maximum Gasteiger partial charge on any atom is 0.413 e. The number of esters is 1. The largest absolute Gasteiger partial charge is 0.458 e. The summed E-state index contributed by atoms with van der Waals surface area (Å²) in [4.78, 5) is 152. The Labute approximate surface area is 749 Å². The monoisotopic (exact) mass is 2080 g/mol. The number of rotatable bonds is 33. The van der Waals surface area contributed by atoms with Crippen LogP contribution in [-0.4, -0.2) is 186 Å². The van der Waals surface area contributed by atoms with Gasteiger partial charge in [-0.25, -0.2) is 4.79 Å². The van der Waals surface area contributed by atoms with Gasteiger partial charge in [0.2, 0.25) is 5.78 Å². The molecule has 10 N–H and O–H groups in total. The van der Waals surface area contributed by atoms with E-state index in [0.717, 1.165) is 122 Å². The van der Waals surface area contributed by atoms with Gasteiger partial charge in [0.05, 0.1) is 51.1 Å². The predicted octanol–water partition coefficient (Wildman–Crippen LogP) is 13.2. The van der Waals surface area contributed by atoms with Gasteiger partial charge in [0, 0.05) is 102 Å². The minimum absolute atomic E-state index is 0.153. The SMILES string of the molecule is C#CCCCCN1C(=O)c2ccccc2C1=O.C#CCCCCO.C=CCCCCCO.CCOC(=O)C=[N+]=[N-].CN.CNC(=O)C(=O)NCCCC/C=C\I.CNC(=O)C(C)=O.NCCCC/C=C\I.O=C1NC(=O)c2ccccc21.O=C1c2ccccc2C(=O)N1CCCC/C=C\I.O=C1c2ccccc2C(=O)N1CCCCC#CI. The number of nitrogens with two attached hydrogens (primary N) is 2. The molecule has 640 valence electrons. The minimum Gasteiger partial charge on any atom is -0.458 e. The summed E-state index contributed by atoms with van der Waals surface area (Å²) in [5, 5.41) is 25.7. The van der Waals surface area contributed by atoms with Gasteiger partial charge in [-0.05, 0) is 201 Å². The number of ether oxygens (including phenoxy) is 1. The van der Waals surface area contributed by atoms with Gasteiger partial charge in [0.1, 0.15) is 0 Å². The van der Waals surface area contributed by atoms with E-state index in [9.17, 15) is 62.3 Å². The standard InChI is InChI=1S/C14H14INO2.C14H12INO2.C14H13NO2.C9H15IN2O2.C8H5NO2.C7H14O.C6H12IN.C6H10O.C4H6N2O2.C4H7NO2.CH5N/c2*15-9-5-1-2-6-10-16-13(17)11-7-3-4-8-12(11)14(16)18;1-2-3-4-7-10-15-13(16)11-8-5-6-9-12(11)14(15)17;1-11-8(13)9(14)12-7-5-3-2-4-6-10;10-7-5-3-1-2-4-6(5)8(11)9-7;1-2-3-4-5-6-7-8;7-5-3-1-2-4-6-8;1-2-3-4-5-6-7;1-2-8-4(7)3-6-5;1-3(6)4(7)5-2;1-2/h3-5,7-9H,1-2,6,10H2;3-4,7-8H,1-2,6,10H2;1,5-6,8-9H,3-4,7,10H2;4,6H,2-3,5,7H2,1H3,(H,11,13)(H,12,14);1-4H,(H,9,10,11);2,8H,1,3-7H2;3,5H,1-2,4,6,8H2;1,7H,3-6H2;3H,2H2,1H3;1-2H3,(H,5,7);2H2,1H3/b9-5-;;;6-4-;;;5-3-;;;;. The van der Waals surface area contributed by atoms with Crippen LogP contribution < -0.4 is 32.7 Å². The second-order valence-corrected chi connectivity index (χ2v) is 26.9. The smallest absolute Gasteiger partial charge is 0.413 e. The zero-order valence-corrected chi connectivity index (χ0v) is 76.6. The first-order valence-electron chi connectivity index (χ1n) is 38.2. The number of ketones is 1. The zero-order valence-electron chi connectivity index (χ0n) is 67.9. The van der Waals surface area contributed by atoms with Crippen molar-refractivity contribution < 1.29 is 82.1 Å². The van der Waals surface area contributed by atoms with Crippen molar-refractivity contribution in [3.8, 4) is 34.5 Å². The number of benzene rings is 4. The van der Waals surface area contributed by atoms with E-state index in [-0.39, 0.29) is 53.9 Å². The van der Waals surface area contributed by atoms with Crippen LogP contribution in [-0.2, 0) is 28.7 Å². The van der Waals surface area contributed by atoms with Gasteiger partial charge in [-0.1, -0.05) is 153 Å². The van der Waals surface area contributed by atoms with Crippen LogP contribution in [0.5, 0.6) is 0 Å². The van der Waals surface area contributed by atoms with Gasteiger partial charge >= 0.3 is 24.0 Å². The molecule has 0 unspecified atom stereocenters. The number of hydrogen-bond donors (Lipinski definition) is 8. The van der Waals surface area contributed by atoms with Gasteiger partial charge in [-0.15, -0.1) is 31.3 Å². The molecule has 4 heterocycles. The Morgan fingerprint density at radius 2 is 0.856 bits per heavy atom. The third kappa shape index (κ3) is 49.9. The minimum atomic E-state index is -0.630. The second-order valence-electron chi connectivity index (χ2n) is 24.2. The summed E-state index contributed by atoms with van der Waals surface area (Å²) < 4.78 is 13.1. The average molecular weight is 2080 g/mol. The van der Waals surface area contributed by atoms with E-state index in [1.165, 1.54) is 62.0 Å². The highest BCUT2D eigenvalue weighted by molar-refractivity contribution is 14.1. The molecule has 118 heavy (non-hydrogen) atoms. The number of terminal acetylenes is 2. The number of Topliss-reactive ketones (excluding diaryl/α,β-unsaturated/α-hetero) is 1. The maximum atomic E-state index is 12.0. The summed E-state index contributed by atoms with van der Waals surface area (Å²) in [6.45, 7) is 10.2. The number of aliphatic hydroxyl groups is 2. The number of nitrogens with one attached hydrogen (secondary N) is 4. The third-order valence-corrected chi connectivity index (χ3v) is 17.5. The fraction of sp³-hybridized carbons (Fsp3) is 0.402. The highest BCUT2D eigenvalue weighted by Gasteiger charge is 2.37. The third-order valence-electron chi connectivity index (χ3n) is 15.6. The number of nitrogens with zero attached hydrogens (tertiary/aromatic N) is 5. The fourth-order valence-corrected chi connectivity index (χ4v) is 11.0. The number of fused-ring (bicyclic) bond motifs is 4. The molecule has 0 aromatic heterocycles. The summed E-state index contributed by atoms with van der Waals surface area (Å²) in [6, 6.07) is 27.6. The van der Waals surface area contributed by atoms with E-state index < -0.39 is 29.5 Å². The molecule has 31 heteroatoms. The van der Waals surface area contributed by atoms with Gasteiger partial charge in [-0.3, -0.25) is 77.6 Å². The Kier molecular flexibility index (Phi) is 73.2. The van der Waals surface area contributed by atoms with E-state index in [4.69, 9.17) is 34.3 Å². The first-order valence-corrected chi connectivity index (χ1v) is 43.0. The van der Waals surface area contributed by atoms with E-state index >= 15 is 0 Å². The Morgan fingerprint density at radius 1 is 0.517 bits per heavy atom. The summed E-state index contributed by atoms with van der Waals surface area (Å²) in [6.07, 6.45) is 40.1. The van der Waals surface area contributed by atoms with Crippen LogP contribution in [0.1, 0.15) is 238 Å². The normalized spacial score (nSPS) is 11.6. The molecule has 4 aromatic carbocycles. The van der Waals surface area contributed by atoms with Crippen LogP contribution in [0.3, 0.4) is 0 Å². The van der Waals surface area contributed by atoms with Gasteiger partial charge in [0.15, 0.2) is 0 Å². The van der Waals surface area contributed by atoms with E-state index in [0.29, 0.717) is 96.5 Å². The molecular weight excluding hydrogens is 1960 g/mol. The Morgan fingerprint density at radius 3 is 1.17 bits per heavy atom. The topological polar surface area (TPSA) is 418 Å². The molecular formula is C87H113I4N11O16.